The number of amides is 4. The zero-order valence-electron chi connectivity index (χ0n) is 36.4. The number of carbonyl (C=O) groups is 5. The van der Waals surface area contributed by atoms with Crippen LogP contribution in [0.4, 0.5) is 23.0 Å². The van der Waals surface area contributed by atoms with Crippen molar-refractivity contribution in [3.05, 3.63) is 106 Å². The van der Waals surface area contributed by atoms with E-state index in [0.29, 0.717) is 18.2 Å². The number of carbonyl (C=O) groups excluding carboxylic acids is 5. The molecule has 0 saturated carbocycles. The van der Waals surface area contributed by atoms with E-state index in [2.05, 4.69) is 31.5 Å². The molecular formula is C43H46Cl2K2N6O11. The van der Waals surface area contributed by atoms with Crippen LogP contribution in [-0.2, 0) is 9.68 Å². The summed E-state index contributed by atoms with van der Waals surface area (Å²) in [6.45, 7) is 16.5. The number of hydrogen-bond donors (Lipinski definition) is 1. The van der Waals surface area contributed by atoms with Crippen molar-refractivity contribution < 1.29 is 158 Å². The molecule has 0 radical (unpaired) electrons. The number of nitrogens with zero attached hydrogens (tertiary/aromatic N) is 6. The number of rotatable bonds is 15. The number of methoxy groups -OCH3 is 2. The van der Waals surface area contributed by atoms with E-state index >= 15 is 0 Å². The Morgan fingerprint density at radius 1 is 0.703 bits per heavy atom. The Morgan fingerprint density at radius 2 is 1.14 bits per heavy atom. The van der Waals surface area contributed by atoms with Crippen LogP contribution < -0.4 is 132 Å². The first-order valence-electron chi connectivity index (χ1n) is 18.6. The third-order valence-corrected chi connectivity index (χ3v) is 9.08. The predicted octanol–water partition coefficient (Wildman–Crippen LogP) is 2.37. The molecule has 0 bridgehead atoms. The van der Waals surface area contributed by atoms with Gasteiger partial charge in [-0.3, -0.25) is 24.0 Å². The summed E-state index contributed by atoms with van der Waals surface area (Å²) in [6, 6.07) is 14.5. The standard InChI is InChI=1S/C20H18ClN3O4.C15H9N3O4.C6H13Cl.CH2O3.CH4.2K.H/c1-22-17-9-8-16(18(23-17)27-2)24-19(25)14-7-6-13(12-15(14)20(24)26)28-11-5-3-4-10-21;1-16-12-6-5-11(13(17-12)22-2)18-14(20)9-4-3-8(19)7-10(9)15(18)21;1-2-3-4-5-6-7;2-1-4-3;;;;/h6-9,12H,3-5,10-11H2,2H3;3-7,19H,2H3;2-6H2,1H3;1,3H;1H4;;;/q;;;;;2*+1;-1/p-1. The van der Waals surface area contributed by atoms with Crippen LogP contribution in [0.25, 0.3) is 9.69 Å². The third kappa shape index (κ3) is 16.4. The molecule has 2 aliphatic heterocycles. The van der Waals surface area contributed by atoms with E-state index < -0.39 is 23.6 Å². The van der Waals surface area contributed by atoms with Crippen molar-refractivity contribution in [3.63, 3.8) is 0 Å². The molecule has 330 valence electrons. The Hall–Kier alpha value is -3.52. The third-order valence-electron chi connectivity index (χ3n) is 8.55. The molecule has 0 spiro atoms. The van der Waals surface area contributed by atoms with Gasteiger partial charge in [-0.1, -0.05) is 56.7 Å². The molecule has 0 fully saturated rings. The Morgan fingerprint density at radius 3 is 1.56 bits per heavy atom. The number of phenols is 1. The van der Waals surface area contributed by atoms with Gasteiger partial charge in [0.1, 0.15) is 22.9 Å². The van der Waals surface area contributed by atoms with Crippen molar-refractivity contribution in [2.75, 3.05) is 42.4 Å². The molecule has 4 heterocycles. The zero-order chi connectivity index (χ0) is 44.9. The number of aromatic nitrogens is 2. The molecule has 1 N–H and O–H groups in total. The maximum absolute atomic E-state index is 12.9. The summed E-state index contributed by atoms with van der Waals surface area (Å²) < 4.78 is 15.9. The molecule has 0 unspecified atom stereocenters. The van der Waals surface area contributed by atoms with Crippen molar-refractivity contribution >= 4 is 76.3 Å². The van der Waals surface area contributed by atoms with Crippen molar-refractivity contribution in [1.82, 2.24) is 9.97 Å². The van der Waals surface area contributed by atoms with E-state index in [-0.39, 0.29) is 181 Å². The molecule has 21 heteroatoms. The van der Waals surface area contributed by atoms with E-state index in [1.54, 1.807) is 18.2 Å². The zero-order valence-corrected chi connectivity index (χ0v) is 43.1. The maximum Gasteiger partial charge on any atom is 1.00 e. The van der Waals surface area contributed by atoms with E-state index in [9.17, 15) is 24.3 Å². The van der Waals surface area contributed by atoms with Crippen LogP contribution in [0.15, 0.2) is 60.7 Å². The van der Waals surface area contributed by atoms with Gasteiger partial charge < -0.3 is 40.6 Å². The molecular weight excluding hydrogens is 926 g/mol. The SMILES string of the molecule is C.CCCCCCCl.O=CO[O-].[C-]#[N+]c1ccc(N2C(=O)c3ccc(O)cc3C2=O)c(OC)n1.[C-]#[N+]c1ccc(N2C(=O)c3ccc(OCCCCCCl)cc3C2=O)c(OC)n1.[H-].[K+].[K+]. The average Bonchev–Trinajstić information content (AvgIpc) is 3.68. The van der Waals surface area contributed by atoms with Crippen molar-refractivity contribution in [1.29, 1.82) is 0 Å². The number of unbranched alkanes of at least 4 members (excludes halogenated alkanes) is 5. The van der Waals surface area contributed by atoms with Crippen LogP contribution in [0.1, 0.15) is 102 Å². The molecule has 0 aliphatic carbocycles. The van der Waals surface area contributed by atoms with Crippen LogP contribution >= 0.6 is 23.2 Å². The van der Waals surface area contributed by atoms with Gasteiger partial charge in [-0.05, 0) is 86.3 Å². The van der Waals surface area contributed by atoms with E-state index in [1.165, 1.54) is 82.4 Å². The number of imide groups is 2. The molecule has 4 aromatic rings. The van der Waals surface area contributed by atoms with Crippen molar-refractivity contribution in [2.45, 2.75) is 59.3 Å². The van der Waals surface area contributed by atoms with E-state index in [0.717, 1.165) is 34.9 Å². The molecule has 4 amide bonds. The normalized spacial score (nSPS) is 11.4. The van der Waals surface area contributed by atoms with Crippen LogP contribution in [-0.4, -0.2) is 77.8 Å². The molecule has 2 aromatic carbocycles. The summed E-state index contributed by atoms with van der Waals surface area (Å²) >= 11 is 11.1. The number of pyridine rings is 2. The smallest absolute Gasteiger partial charge is 1.00 e. The average molecular weight is 972 g/mol. The second kappa shape index (κ2) is 32.2. The number of fused-ring (bicyclic) bond motifs is 2. The summed E-state index contributed by atoms with van der Waals surface area (Å²) in [6.07, 6.45) is 7.89. The maximum atomic E-state index is 12.9. The minimum atomic E-state index is -0.577. The number of anilines is 2. The fourth-order valence-electron chi connectivity index (χ4n) is 5.67. The molecule has 2 aromatic heterocycles. The molecule has 64 heavy (non-hydrogen) atoms. The second-order valence-electron chi connectivity index (χ2n) is 12.5. The molecule has 0 saturated heterocycles. The number of phenolic OH excluding ortho intramolecular Hbond substituents is 1. The monoisotopic (exact) mass is 970 g/mol. The fraction of sp³-hybridized carbons (Fsp3) is 0.326. The van der Waals surface area contributed by atoms with E-state index in [4.69, 9.17) is 60.6 Å². The quantitative estimate of drug-likeness (QED) is 0.0266. The largest absolute Gasteiger partial charge is 1.00 e. The van der Waals surface area contributed by atoms with Crippen LogP contribution in [0, 0.1) is 13.1 Å². The number of halogens is 2. The van der Waals surface area contributed by atoms with Gasteiger partial charge in [0.2, 0.25) is 0 Å². The minimum Gasteiger partial charge on any atom is -1.00 e. The van der Waals surface area contributed by atoms with E-state index in [1.807, 2.05) is 0 Å². The van der Waals surface area contributed by atoms with Crippen LogP contribution in [0.5, 0.6) is 23.3 Å². The van der Waals surface area contributed by atoms with Gasteiger partial charge in [-0.2, -0.15) is 0 Å². The van der Waals surface area contributed by atoms with Gasteiger partial charge in [0.05, 0.1) is 43.1 Å². The van der Waals surface area contributed by atoms with Crippen LogP contribution in [0.3, 0.4) is 0 Å². The minimum absolute atomic E-state index is 0. The molecule has 0 atom stereocenters. The first kappa shape index (κ1) is 60.5. The van der Waals surface area contributed by atoms with Gasteiger partial charge in [0.25, 0.3) is 41.7 Å². The van der Waals surface area contributed by atoms with Gasteiger partial charge in [-0.25, -0.2) is 9.80 Å². The summed E-state index contributed by atoms with van der Waals surface area (Å²) in [7, 11) is 2.71. The Bertz CT molecular complexity index is 2300. The number of ether oxygens (including phenoxy) is 3. The Balaban J connectivity index is 0. The molecule has 2 aliphatic rings. The number of alkyl halides is 2. The number of benzene rings is 2. The van der Waals surface area contributed by atoms with Gasteiger partial charge in [0.15, 0.2) is 0 Å². The Labute approximate surface area is 468 Å². The van der Waals surface area contributed by atoms with Crippen molar-refractivity contribution in [2.24, 2.45) is 0 Å². The Kier molecular flexibility index (Phi) is 30.4. The van der Waals surface area contributed by atoms with Crippen molar-refractivity contribution in [3.8, 4) is 23.3 Å². The van der Waals surface area contributed by atoms with Crippen LogP contribution in [0.2, 0.25) is 0 Å². The summed E-state index contributed by atoms with van der Waals surface area (Å²) in [5.41, 5.74) is 1.21. The van der Waals surface area contributed by atoms with Gasteiger partial charge >= 0.3 is 115 Å². The fourth-order valence-corrected chi connectivity index (χ4v) is 6.05. The first-order valence-corrected chi connectivity index (χ1v) is 19.6. The topological polar surface area (TPSA) is 207 Å². The summed E-state index contributed by atoms with van der Waals surface area (Å²) in [4.78, 5) is 78.0. The van der Waals surface area contributed by atoms with Gasteiger partial charge in [-0.15, -0.1) is 23.2 Å². The van der Waals surface area contributed by atoms with Gasteiger partial charge in [0, 0.05) is 11.8 Å². The first-order chi connectivity index (χ1) is 29.5. The molecule has 17 nitrogen and oxygen atoms in total. The summed E-state index contributed by atoms with van der Waals surface area (Å²) in [5.74, 6) is 0.0782. The number of hydrogen-bond acceptors (Lipinski definition) is 13. The molecule has 6 rings (SSSR count). The second-order valence-corrected chi connectivity index (χ2v) is 13.2. The number of aromatic hydroxyl groups is 1. The summed E-state index contributed by atoms with van der Waals surface area (Å²) in [5, 5.41) is 17.9. The predicted molar refractivity (Wildman–Crippen MR) is 231 cm³/mol.